The maximum Gasteiger partial charge on any atom is 0.255 e. The van der Waals surface area contributed by atoms with Gasteiger partial charge in [0.25, 0.3) is 5.91 Å². The Bertz CT molecular complexity index is 875. The molecule has 3 aromatic rings. The first-order valence-corrected chi connectivity index (χ1v) is 10.2. The lowest BCUT2D eigenvalue weighted by Gasteiger charge is -2.09. The summed E-state index contributed by atoms with van der Waals surface area (Å²) in [5.74, 6) is 0.664. The van der Waals surface area contributed by atoms with Crippen LogP contribution in [0.25, 0.3) is 0 Å². The number of hydrogen-bond donors (Lipinski definition) is 2. The van der Waals surface area contributed by atoms with Crippen molar-refractivity contribution in [3.63, 3.8) is 0 Å². The maximum absolute atomic E-state index is 12.5. The van der Waals surface area contributed by atoms with Gasteiger partial charge in [-0.25, -0.2) is 0 Å². The topological polar surface area (TPSA) is 50.4 Å². The number of carbonyl (C=O) groups is 1. The molecule has 0 fully saturated rings. The lowest BCUT2D eigenvalue weighted by Crippen LogP contribution is -2.11. The highest BCUT2D eigenvalue weighted by Gasteiger charge is 2.06. The van der Waals surface area contributed by atoms with E-state index in [1.54, 1.807) is 12.1 Å². The molecule has 3 aromatic carbocycles. The minimum absolute atomic E-state index is 0.136. The number of anilines is 3. The van der Waals surface area contributed by atoms with E-state index < -0.39 is 0 Å². The van der Waals surface area contributed by atoms with Gasteiger partial charge in [0.15, 0.2) is 0 Å². The molecule has 0 saturated heterocycles. The fourth-order valence-electron chi connectivity index (χ4n) is 2.95. The minimum atomic E-state index is -0.136. The number of rotatable bonds is 10. The van der Waals surface area contributed by atoms with Gasteiger partial charge in [-0.15, -0.1) is 0 Å². The maximum atomic E-state index is 12.5. The molecule has 3 rings (SSSR count). The van der Waals surface area contributed by atoms with Crippen molar-refractivity contribution in [3.8, 4) is 5.75 Å². The molecule has 2 N–H and O–H groups in total. The zero-order valence-electron chi connectivity index (χ0n) is 16.9. The summed E-state index contributed by atoms with van der Waals surface area (Å²) in [5.41, 5.74) is 3.35. The molecular weight excluding hydrogens is 360 g/mol. The Balaban J connectivity index is 1.49. The number of benzene rings is 3. The van der Waals surface area contributed by atoms with Gasteiger partial charge in [0.05, 0.1) is 6.61 Å². The fraction of sp³-hybridized carbons (Fsp3) is 0.240. The summed E-state index contributed by atoms with van der Waals surface area (Å²) in [6.07, 6.45) is 4.71. The summed E-state index contributed by atoms with van der Waals surface area (Å²) in [6.45, 7) is 2.91. The van der Waals surface area contributed by atoms with Crippen LogP contribution >= 0.6 is 0 Å². The van der Waals surface area contributed by atoms with E-state index >= 15 is 0 Å². The van der Waals surface area contributed by atoms with Crippen molar-refractivity contribution in [1.82, 2.24) is 0 Å². The summed E-state index contributed by atoms with van der Waals surface area (Å²) in [5, 5.41) is 6.25. The molecule has 4 nitrogen and oxygen atoms in total. The molecule has 0 aliphatic rings. The predicted octanol–water partition coefficient (Wildman–Crippen LogP) is 6.64. The van der Waals surface area contributed by atoms with Gasteiger partial charge in [-0.1, -0.05) is 44.4 Å². The van der Waals surface area contributed by atoms with Crippen LogP contribution in [0.3, 0.4) is 0 Å². The smallest absolute Gasteiger partial charge is 0.255 e. The Kier molecular flexibility index (Phi) is 7.70. The van der Waals surface area contributed by atoms with Gasteiger partial charge in [-0.3, -0.25) is 4.79 Å². The molecular formula is C25H28N2O2. The van der Waals surface area contributed by atoms with Crippen molar-refractivity contribution >= 4 is 23.0 Å². The monoisotopic (exact) mass is 388 g/mol. The predicted molar refractivity (Wildman–Crippen MR) is 120 cm³/mol. The van der Waals surface area contributed by atoms with Crippen molar-refractivity contribution in [2.45, 2.75) is 32.6 Å². The average molecular weight is 389 g/mol. The Morgan fingerprint density at radius 2 is 1.41 bits per heavy atom. The molecule has 0 bridgehead atoms. The fourth-order valence-corrected chi connectivity index (χ4v) is 2.95. The zero-order valence-corrected chi connectivity index (χ0v) is 16.9. The largest absolute Gasteiger partial charge is 0.494 e. The Morgan fingerprint density at radius 1 is 0.759 bits per heavy atom. The molecule has 0 aliphatic heterocycles. The van der Waals surface area contributed by atoms with Crippen molar-refractivity contribution < 1.29 is 9.53 Å². The van der Waals surface area contributed by atoms with Gasteiger partial charge in [0.1, 0.15) is 5.75 Å². The Hall–Kier alpha value is -3.27. The molecule has 0 unspecified atom stereocenters. The van der Waals surface area contributed by atoms with Crippen LogP contribution in [0.2, 0.25) is 0 Å². The van der Waals surface area contributed by atoms with Gasteiger partial charge < -0.3 is 15.4 Å². The first kappa shape index (κ1) is 20.5. The first-order chi connectivity index (χ1) is 14.2. The van der Waals surface area contributed by atoms with E-state index in [9.17, 15) is 4.79 Å². The summed E-state index contributed by atoms with van der Waals surface area (Å²) in [7, 11) is 0. The van der Waals surface area contributed by atoms with E-state index in [0.29, 0.717) is 5.56 Å². The molecule has 0 aromatic heterocycles. The SMILES string of the molecule is CCCCCCOc1ccc(C(=O)Nc2ccc(Nc3ccccc3)cc2)cc1. The first-order valence-electron chi connectivity index (χ1n) is 10.2. The molecule has 29 heavy (non-hydrogen) atoms. The Labute approximate surface area is 172 Å². The van der Waals surface area contributed by atoms with Crippen LogP contribution in [0, 0.1) is 0 Å². The third-order valence-electron chi connectivity index (χ3n) is 4.59. The molecule has 0 atom stereocenters. The van der Waals surface area contributed by atoms with Crippen LogP contribution < -0.4 is 15.4 Å². The Morgan fingerprint density at radius 3 is 2.10 bits per heavy atom. The second kappa shape index (κ2) is 10.9. The molecule has 1 amide bonds. The molecule has 4 heteroatoms. The van der Waals surface area contributed by atoms with E-state index in [-0.39, 0.29) is 5.91 Å². The van der Waals surface area contributed by atoms with Crippen molar-refractivity contribution in [2.24, 2.45) is 0 Å². The van der Waals surface area contributed by atoms with Crippen LogP contribution in [0.4, 0.5) is 17.1 Å². The number of nitrogens with one attached hydrogen (secondary N) is 2. The zero-order chi connectivity index (χ0) is 20.3. The van der Waals surface area contributed by atoms with Gasteiger partial charge >= 0.3 is 0 Å². The highest BCUT2D eigenvalue weighted by molar-refractivity contribution is 6.04. The number of ether oxygens (including phenoxy) is 1. The number of para-hydroxylation sites is 1. The molecule has 0 aliphatic carbocycles. The molecule has 0 heterocycles. The minimum Gasteiger partial charge on any atom is -0.494 e. The van der Waals surface area contributed by atoms with E-state index in [2.05, 4.69) is 17.6 Å². The number of carbonyl (C=O) groups excluding carboxylic acids is 1. The second-order valence-electron chi connectivity index (χ2n) is 6.96. The van der Waals surface area contributed by atoms with Crippen LogP contribution in [0.15, 0.2) is 78.9 Å². The van der Waals surface area contributed by atoms with E-state index in [1.165, 1.54) is 19.3 Å². The number of hydrogen-bond acceptors (Lipinski definition) is 3. The average Bonchev–Trinajstić information content (AvgIpc) is 2.76. The van der Waals surface area contributed by atoms with Crippen LogP contribution in [-0.4, -0.2) is 12.5 Å². The normalized spacial score (nSPS) is 10.4. The van der Waals surface area contributed by atoms with E-state index in [1.807, 2.05) is 66.7 Å². The molecule has 0 spiro atoms. The van der Waals surface area contributed by atoms with Crippen LogP contribution in [0.1, 0.15) is 43.0 Å². The molecule has 150 valence electrons. The number of amides is 1. The van der Waals surface area contributed by atoms with Crippen LogP contribution in [-0.2, 0) is 0 Å². The third kappa shape index (κ3) is 6.68. The van der Waals surface area contributed by atoms with Crippen molar-refractivity contribution in [2.75, 3.05) is 17.2 Å². The molecule has 0 saturated carbocycles. The lowest BCUT2D eigenvalue weighted by molar-refractivity contribution is 0.102. The van der Waals surface area contributed by atoms with Crippen molar-refractivity contribution in [1.29, 1.82) is 0 Å². The van der Waals surface area contributed by atoms with E-state index in [4.69, 9.17) is 4.74 Å². The summed E-state index contributed by atoms with van der Waals surface area (Å²) in [6, 6.07) is 24.9. The van der Waals surface area contributed by atoms with Gasteiger partial charge in [-0.05, 0) is 67.1 Å². The van der Waals surface area contributed by atoms with Crippen LogP contribution in [0.5, 0.6) is 5.75 Å². The standard InChI is InChI=1S/C25H28N2O2/c1-2-3-4-8-19-29-24-17-11-20(12-18-24)25(28)27-23-15-13-22(14-16-23)26-21-9-6-5-7-10-21/h5-7,9-18,26H,2-4,8,19H2,1H3,(H,27,28). The quantitative estimate of drug-likeness (QED) is 0.383. The molecule has 0 radical (unpaired) electrons. The van der Waals surface area contributed by atoms with Gasteiger partial charge in [0.2, 0.25) is 0 Å². The van der Waals surface area contributed by atoms with E-state index in [0.717, 1.165) is 35.8 Å². The number of unbranched alkanes of at least 4 members (excludes halogenated alkanes) is 3. The van der Waals surface area contributed by atoms with Crippen molar-refractivity contribution in [3.05, 3.63) is 84.4 Å². The summed E-state index contributed by atoms with van der Waals surface area (Å²) in [4.78, 5) is 12.5. The third-order valence-corrected chi connectivity index (χ3v) is 4.59. The lowest BCUT2D eigenvalue weighted by atomic mass is 10.2. The highest BCUT2D eigenvalue weighted by atomic mass is 16.5. The summed E-state index contributed by atoms with van der Waals surface area (Å²) >= 11 is 0. The summed E-state index contributed by atoms with van der Waals surface area (Å²) < 4.78 is 5.73. The highest BCUT2D eigenvalue weighted by Crippen LogP contribution is 2.20. The van der Waals surface area contributed by atoms with Gasteiger partial charge in [0, 0.05) is 22.6 Å². The van der Waals surface area contributed by atoms with Gasteiger partial charge in [-0.2, -0.15) is 0 Å². The second-order valence-corrected chi connectivity index (χ2v) is 6.96.